The number of carbonyl (C=O) groups is 1. The second-order valence-corrected chi connectivity index (χ2v) is 9.76. The highest BCUT2D eigenvalue weighted by Gasteiger charge is 2.26. The van der Waals surface area contributed by atoms with Gasteiger partial charge in [-0.1, -0.05) is 42.5 Å². The van der Waals surface area contributed by atoms with Gasteiger partial charge in [0.2, 0.25) is 0 Å². The van der Waals surface area contributed by atoms with E-state index in [0.717, 1.165) is 36.2 Å². The smallest absolute Gasteiger partial charge is 0.341 e. The number of rotatable bonds is 6. The van der Waals surface area contributed by atoms with E-state index in [-0.39, 0.29) is 5.97 Å². The second kappa shape index (κ2) is 9.95. The van der Waals surface area contributed by atoms with Gasteiger partial charge in [0.1, 0.15) is 5.00 Å². The molecule has 174 valence electrons. The van der Waals surface area contributed by atoms with Crippen LogP contribution in [0.2, 0.25) is 0 Å². The number of ether oxygens (including phenoxy) is 1. The number of aromatic nitrogens is 2. The Morgan fingerprint density at radius 2 is 1.94 bits per heavy atom. The van der Waals surface area contributed by atoms with E-state index in [1.165, 1.54) is 21.2 Å². The van der Waals surface area contributed by atoms with Gasteiger partial charge in [0.25, 0.3) is 0 Å². The Kier molecular flexibility index (Phi) is 6.60. The predicted molar refractivity (Wildman–Crippen MR) is 142 cm³/mol. The summed E-state index contributed by atoms with van der Waals surface area (Å²) in [5, 5.41) is 14.6. The summed E-state index contributed by atoms with van der Waals surface area (Å²) in [6, 6.07) is 16.6. The topological polar surface area (TPSA) is 68.2 Å². The normalized spacial score (nSPS) is 12.9. The molecule has 0 atom stereocenters. The van der Waals surface area contributed by atoms with Crippen LogP contribution in [0.15, 0.2) is 54.7 Å². The number of thiophene rings is 1. The summed E-state index contributed by atoms with van der Waals surface area (Å²) >= 11 is 7.15. The summed E-state index contributed by atoms with van der Waals surface area (Å²) in [6.45, 7) is 2.83. The van der Waals surface area contributed by atoms with E-state index in [1.54, 1.807) is 11.3 Å². The fourth-order valence-corrected chi connectivity index (χ4v) is 6.00. The quantitative estimate of drug-likeness (QED) is 0.255. The van der Waals surface area contributed by atoms with E-state index in [4.69, 9.17) is 17.0 Å². The van der Waals surface area contributed by atoms with Crippen LogP contribution in [0.4, 0.5) is 10.8 Å². The first-order valence-corrected chi connectivity index (χ1v) is 12.7. The minimum Gasteiger partial charge on any atom is -0.462 e. The van der Waals surface area contributed by atoms with Gasteiger partial charge in [-0.2, -0.15) is 5.10 Å². The molecule has 0 unspecified atom stereocenters. The Hall–Kier alpha value is -3.23. The van der Waals surface area contributed by atoms with Crippen molar-refractivity contribution in [3.05, 3.63) is 76.3 Å². The number of benzene rings is 2. The second-order valence-electron chi connectivity index (χ2n) is 8.25. The number of esters is 1. The van der Waals surface area contributed by atoms with E-state index in [9.17, 15) is 4.79 Å². The van der Waals surface area contributed by atoms with E-state index >= 15 is 0 Å². The number of hydrogen-bond donors (Lipinski definition) is 2. The van der Waals surface area contributed by atoms with E-state index in [1.807, 2.05) is 29.9 Å². The largest absolute Gasteiger partial charge is 0.462 e. The molecular weight excluding hydrogens is 464 g/mol. The molecule has 0 saturated heterocycles. The highest BCUT2D eigenvalue weighted by molar-refractivity contribution is 7.80. The molecule has 1 aliphatic rings. The summed E-state index contributed by atoms with van der Waals surface area (Å²) in [5.41, 5.74) is 2.95. The lowest BCUT2D eigenvalue weighted by atomic mass is 9.95. The number of thiocarbonyl (C=S) groups is 1. The molecule has 34 heavy (non-hydrogen) atoms. The number of aryl methyl sites for hydroxylation is 1. The first kappa shape index (κ1) is 22.6. The van der Waals surface area contributed by atoms with Crippen LogP contribution in [0.1, 0.15) is 46.1 Å². The number of anilines is 2. The molecule has 0 bridgehead atoms. The van der Waals surface area contributed by atoms with E-state index in [2.05, 4.69) is 52.1 Å². The maximum Gasteiger partial charge on any atom is 0.341 e. The lowest BCUT2D eigenvalue weighted by Gasteiger charge is -2.12. The van der Waals surface area contributed by atoms with Gasteiger partial charge in [0, 0.05) is 17.1 Å². The minimum atomic E-state index is -0.286. The van der Waals surface area contributed by atoms with Gasteiger partial charge in [-0.15, -0.1) is 11.3 Å². The van der Waals surface area contributed by atoms with E-state index < -0.39 is 0 Å². The van der Waals surface area contributed by atoms with Crippen molar-refractivity contribution in [3.63, 3.8) is 0 Å². The average molecular weight is 491 g/mol. The summed E-state index contributed by atoms with van der Waals surface area (Å²) < 4.78 is 7.22. The van der Waals surface area contributed by atoms with Gasteiger partial charge in [0.15, 0.2) is 10.9 Å². The van der Waals surface area contributed by atoms with Crippen LogP contribution >= 0.6 is 23.6 Å². The standard InChI is InChI=1S/C26H26N4O2S2/c1-2-32-25(31)23-20-12-5-6-13-21(20)34-24(23)28-26(33)27-22-14-15-30(29-22)16-18-10-7-9-17-8-3-4-11-19(17)18/h3-4,7-11,14-15H,2,5-6,12-13,16H2,1H3,(H2,27,28,29,33). The monoisotopic (exact) mass is 490 g/mol. The molecular formula is C26H26N4O2S2. The summed E-state index contributed by atoms with van der Waals surface area (Å²) in [5.74, 6) is 0.364. The Bertz CT molecular complexity index is 1350. The Labute approximate surface area is 207 Å². The van der Waals surface area contributed by atoms with Gasteiger partial charge in [-0.3, -0.25) is 4.68 Å². The van der Waals surface area contributed by atoms with Gasteiger partial charge >= 0.3 is 5.97 Å². The number of nitrogens with one attached hydrogen (secondary N) is 2. The zero-order chi connectivity index (χ0) is 23.5. The summed E-state index contributed by atoms with van der Waals surface area (Å²) in [4.78, 5) is 13.9. The molecule has 2 aromatic carbocycles. The van der Waals surface area contributed by atoms with Crippen LogP contribution in [-0.2, 0) is 24.1 Å². The van der Waals surface area contributed by atoms with Crippen LogP contribution < -0.4 is 10.6 Å². The van der Waals surface area contributed by atoms with Crippen LogP contribution in [0.5, 0.6) is 0 Å². The molecule has 1 aliphatic carbocycles. The third-order valence-electron chi connectivity index (χ3n) is 5.97. The Balaban J connectivity index is 1.30. The van der Waals surface area contributed by atoms with Gasteiger partial charge in [-0.05, 0) is 66.7 Å². The molecule has 2 N–H and O–H groups in total. The fraction of sp³-hybridized carbons (Fsp3) is 0.269. The van der Waals surface area contributed by atoms with Crippen molar-refractivity contribution in [1.29, 1.82) is 0 Å². The van der Waals surface area contributed by atoms with Crippen LogP contribution in [0, 0.1) is 0 Å². The van der Waals surface area contributed by atoms with Crippen LogP contribution in [0.3, 0.4) is 0 Å². The molecule has 0 radical (unpaired) electrons. The van der Waals surface area contributed by atoms with Crippen molar-refractivity contribution in [2.75, 3.05) is 17.2 Å². The lowest BCUT2D eigenvalue weighted by molar-refractivity contribution is 0.0526. The molecule has 2 aromatic heterocycles. The molecule has 4 aromatic rings. The first-order chi connectivity index (χ1) is 16.6. The molecule has 0 fully saturated rings. The summed E-state index contributed by atoms with van der Waals surface area (Å²) in [6.07, 6.45) is 6.06. The predicted octanol–water partition coefficient (Wildman–Crippen LogP) is 6.01. The van der Waals surface area contributed by atoms with Crippen molar-refractivity contribution in [3.8, 4) is 0 Å². The van der Waals surface area contributed by atoms with Crippen LogP contribution in [0.25, 0.3) is 10.8 Å². The zero-order valence-electron chi connectivity index (χ0n) is 19.0. The Morgan fingerprint density at radius 1 is 1.12 bits per heavy atom. The van der Waals surface area contributed by atoms with Gasteiger partial charge in [0.05, 0.1) is 18.7 Å². The van der Waals surface area contributed by atoms with Gasteiger partial charge < -0.3 is 15.4 Å². The van der Waals surface area contributed by atoms with Crippen molar-refractivity contribution >= 4 is 56.2 Å². The van der Waals surface area contributed by atoms with Crippen molar-refractivity contribution < 1.29 is 9.53 Å². The molecule has 0 aliphatic heterocycles. The molecule has 8 heteroatoms. The lowest BCUT2D eigenvalue weighted by Crippen LogP contribution is -2.21. The third-order valence-corrected chi connectivity index (χ3v) is 7.38. The third kappa shape index (κ3) is 4.69. The van der Waals surface area contributed by atoms with Crippen LogP contribution in [-0.4, -0.2) is 27.5 Å². The molecule has 6 nitrogen and oxygen atoms in total. The summed E-state index contributed by atoms with van der Waals surface area (Å²) in [7, 11) is 0. The van der Waals surface area contributed by atoms with Crippen molar-refractivity contribution in [1.82, 2.24) is 9.78 Å². The number of hydrogen-bond acceptors (Lipinski definition) is 5. The Morgan fingerprint density at radius 3 is 2.82 bits per heavy atom. The number of fused-ring (bicyclic) bond motifs is 2. The maximum atomic E-state index is 12.7. The van der Waals surface area contributed by atoms with E-state index in [0.29, 0.717) is 29.6 Å². The minimum absolute atomic E-state index is 0.286. The molecule has 0 saturated carbocycles. The highest BCUT2D eigenvalue weighted by atomic mass is 32.1. The fourth-order valence-electron chi connectivity index (χ4n) is 4.45. The average Bonchev–Trinajstić information content (AvgIpc) is 3.43. The first-order valence-electron chi connectivity index (χ1n) is 11.5. The van der Waals surface area contributed by atoms with Crippen molar-refractivity contribution in [2.45, 2.75) is 39.2 Å². The number of carbonyl (C=O) groups excluding carboxylic acids is 1. The molecule has 5 rings (SSSR count). The maximum absolute atomic E-state index is 12.7. The molecule has 0 spiro atoms. The molecule has 2 heterocycles. The number of nitrogens with zero attached hydrogens (tertiary/aromatic N) is 2. The SMILES string of the molecule is CCOC(=O)c1c(NC(=S)Nc2ccn(Cc3cccc4ccccc34)n2)sc2c1CCCC2. The highest BCUT2D eigenvalue weighted by Crippen LogP contribution is 2.38. The van der Waals surface area contributed by atoms with Crippen molar-refractivity contribution in [2.24, 2.45) is 0 Å². The molecule has 0 amide bonds. The van der Waals surface area contributed by atoms with Gasteiger partial charge in [-0.25, -0.2) is 4.79 Å². The zero-order valence-corrected chi connectivity index (χ0v) is 20.6.